The molecule has 0 spiro atoms. The van der Waals surface area contributed by atoms with Gasteiger partial charge in [-0.25, -0.2) is 4.39 Å². The van der Waals surface area contributed by atoms with E-state index in [2.05, 4.69) is 0 Å². The summed E-state index contributed by atoms with van der Waals surface area (Å²) in [5, 5.41) is 0. The van der Waals surface area contributed by atoms with Crippen molar-refractivity contribution in [3.63, 3.8) is 0 Å². The molecule has 106 valence electrons. The van der Waals surface area contributed by atoms with Gasteiger partial charge in [-0.2, -0.15) is 0 Å². The first kappa shape index (κ1) is 15.6. The largest absolute Gasteiger partial charge is 0.345 e. The van der Waals surface area contributed by atoms with E-state index in [-0.39, 0.29) is 17.8 Å². The lowest BCUT2D eigenvalue weighted by Crippen LogP contribution is -2.30. The third kappa shape index (κ3) is 5.39. The number of aryl methyl sites for hydroxylation is 1. The molecule has 19 heavy (non-hydrogen) atoms. The van der Waals surface area contributed by atoms with Crippen LogP contribution in [0.2, 0.25) is 0 Å². The molecule has 2 N–H and O–H groups in total. The van der Waals surface area contributed by atoms with Crippen LogP contribution < -0.4 is 5.73 Å². The van der Waals surface area contributed by atoms with Crippen LogP contribution in [0.5, 0.6) is 0 Å². The number of halogens is 1. The average molecular weight is 266 g/mol. The van der Waals surface area contributed by atoms with Crippen molar-refractivity contribution in [3.8, 4) is 0 Å². The second-order valence-corrected chi connectivity index (χ2v) is 5.16. The van der Waals surface area contributed by atoms with E-state index in [1.165, 1.54) is 6.07 Å². The molecule has 4 heteroatoms. The quantitative estimate of drug-likeness (QED) is 0.858. The number of carbonyl (C=O) groups excluding carboxylic acids is 1. The Morgan fingerprint density at radius 2 is 2.16 bits per heavy atom. The van der Waals surface area contributed by atoms with Gasteiger partial charge in [0.2, 0.25) is 5.91 Å². The summed E-state index contributed by atoms with van der Waals surface area (Å²) >= 11 is 0. The van der Waals surface area contributed by atoms with Crippen molar-refractivity contribution in [3.05, 3.63) is 35.1 Å². The Hall–Kier alpha value is -1.42. The van der Waals surface area contributed by atoms with Crippen molar-refractivity contribution in [2.24, 2.45) is 5.73 Å². The molecule has 0 saturated heterocycles. The lowest BCUT2D eigenvalue weighted by Gasteiger charge is -2.18. The van der Waals surface area contributed by atoms with E-state index in [1.54, 1.807) is 24.9 Å². The fraction of sp³-hybridized carbons (Fsp3) is 0.533. The topological polar surface area (TPSA) is 46.3 Å². The van der Waals surface area contributed by atoms with Gasteiger partial charge in [-0.05, 0) is 43.9 Å². The summed E-state index contributed by atoms with van der Waals surface area (Å²) in [6.07, 6.45) is 1.93. The monoisotopic (exact) mass is 266 g/mol. The number of hydrogen-bond donors (Lipinski definition) is 1. The summed E-state index contributed by atoms with van der Waals surface area (Å²) < 4.78 is 13.1. The molecule has 1 unspecified atom stereocenters. The lowest BCUT2D eigenvalue weighted by molar-refractivity contribution is -0.130. The summed E-state index contributed by atoms with van der Waals surface area (Å²) in [5.74, 6) is -0.0822. The van der Waals surface area contributed by atoms with Crippen molar-refractivity contribution in [2.75, 3.05) is 13.6 Å². The average Bonchev–Trinajstić information content (AvgIpc) is 2.36. The van der Waals surface area contributed by atoms with Crippen LogP contribution in [0, 0.1) is 12.7 Å². The van der Waals surface area contributed by atoms with Gasteiger partial charge in [0, 0.05) is 26.1 Å². The summed E-state index contributed by atoms with van der Waals surface area (Å²) in [7, 11) is 1.79. The minimum absolute atomic E-state index is 0.0529. The third-order valence-electron chi connectivity index (χ3n) is 3.20. The van der Waals surface area contributed by atoms with Crippen LogP contribution in [-0.2, 0) is 11.2 Å². The Balaban J connectivity index is 2.42. The maximum atomic E-state index is 13.1. The molecule has 0 heterocycles. The molecule has 0 fully saturated rings. The number of nitrogens with zero attached hydrogens (tertiary/aromatic N) is 1. The van der Waals surface area contributed by atoms with Gasteiger partial charge >= 0.3 is 0 Å². The number of likely N-dealkylation sites (N-methyl/N-ethyl adjacent to an activating group) is 1. The van der Waals surface area contributed by atoms with Gasteiger partial charge in [-0.1, -0.05) is 12.1 Å². The van der Waals surface area contributed by atoms with Gasteiger partial charge in [-0.3, -0.25) is 4.79 Å². The molecule has 1 atom stereocenters. The molecular weight excluding hydrogens is 243 g/mol. The predicted molar refractivity (Wildman–Crippen MR) is 75.4 cm³/mol. The van der Waals surface area contributed by atoms with E-state index in [0.717, 1.165) is 12.0 Å². The van der Waals surface area contributed by atoms with Crippen molar-refractivity contribution in [1.82, 2.24) is 4.90 Å². The molecule has 0 saturated carbocycles. The maximum Gasteiger partial charge on any atom is 0.222 e. The summed E-state index contributed by atoms with van der Waals surface area (Å²) in [6.45, 7) is 4.29. The van der Waals surface area contributed by atoms with E-state index in [0.29, 0.717) is 24.9 Å². The molecule has 0 aliphatic heterocycles. The van der Waals surface area contributed by atoms with Crippen LogP contribution in [0.1, 0.15) is 30.9 Å². The molecule has 1 aromatic rings. The number of carbonyl (C=O) groups is 1. The van der Waals surface area contributed by atoms with Crippen molar-refractivity contribution in [2.45, 2.75) is 39.2 Å². The van der Waals surface area contributed by atoms with E-state index in [9.17, 15) is 9.18 Å². The van der Waals surface area contributed by atoms with Crippen molar-refractivity contribution >= 4 is 5.91 Å². The van der Waals surface area contributed by atoms with E-state index in [4.69, 9.17) is 5.73 Å². The van der Waals surface area contributed by atoms with Crippen LogP contribution in [0.4, 0.5) is 4.39 Å². The van der Waals surface area contributed by atoms with E-state index in [1.807, 2.05) is 13.0 Å². The van der Waals surface area contributed by atoms with Crippen LogP contribution >= 0.6 is 0 Å². The first-order chi connectivity index (χ1) is 8.90. The highest BCUT2D eigenvalue weighted by atomic mass is 19.1. The number of hydrogen-bond acceptors (Lipinski definition) is 2. The molecule has 1 rings (SSSR count). The zero-order valence-corrected chi connectivity index (χ0v) is 11.9. The van der Waals surface area contributed by atoms with Gasteiger partial charge in [0.1, 0.15) is 5.82 Å². The van der Waals surface area contributed by atoms with E-state index < -0.39 is 0 Å². The number of nitrogens with two attached hydrogens (primary N) is 1. The number of benzene rings is 1. The SMILES string of the molecule is Cc1cc(CCN(C)C(=O)CCC(C)N)ccc1F. The smallest absolute Gasteiger partial charge is 0.222 e. The highest BCUT2D eigenvalue weighted by Gasteiger charge is 2.09. The molecule has 0 aliphatic carbocycles. The number of rotatable bonds is 6. The zero-order chi connectivity index (χ0) is 14.4. The first-order valence-electron chi connectivity index (χ1n) is 6.64. The molecule has 0 bridgehead atoms. The van der Waals surface area contributed by atoms with Crippen LogP contribution in [-0.4, -0.2) is 30.4 Å². The Kier molecular flexibility index (Phi) is 5.96. The molecule has 3 nitrogen and oxygen atoms in total. The standard InChI is InChI=1S/C15H23FN2O/c1-11-10-13(5-6-14(11)16)8-9-18(3)15(19)7-4-12(2)17/h5-6,10,12H,4,7-9,17H2,1-3H3. The Bertz CT molecular complexity index is 432. The molecule has 0 aromatic heterocycles. The predicted octanol–water partition coefficient (Wildman–Crippen LogP) is 2.26. The summed E-state index contributed by atoms with van der Waals surface area (Å²) in [5.41, 5.74) is 7.32. The Morgan fingerprint density at radius 3 is 2.74 bits per heavy atom. The Labute approximate surface area is 114 Å². The van der Waals surface area contributed by atoms with Crippen LogP contribution in [0.3, 0.4) is 0 Å². The van der Waals surface area contributed by atoms with Crippen molar-refractivity contribution < 1.29 is 9.18 Å². The second-order valence-electron chi connectivity index (χ2n) is 5.16. The van der Waals surface area contributed by atoms with Gasteiger partial charge in [0.25, 0.3) is 0 Å². The number of amides is 1. The van der Waals surface area contributed by atoms with Crippen molar-refractivity contribution in [1.29, 1.82) is 0 Å². The van der Waals surface area contributed by atoms with Gasteiger partial charge in [0.15, 0.2) is 0 Å². The molecule has 1 amide bonds. The fourth-order valence-electron chi connectivity index (χ4n) is 1.83. The Morgan fingerprint density at radius 1 is 1.47 bits per heavy atom. The highest BCUT2D eigenvalue weighted by Crippen LogP contribution is 2.10. The van der Waals surface area contributed by atoms with Gasteiger partial charge < -0.3 is 10.6 Å². The van der Waals surface area contributed by atoms with Gasteiger partial charge in [-0.15, -0.1) is 0 Å². The maximum absolute atomic E-state index is 13.1. The van der Waals surface area contributed by atoms with Gasteiger partial charge in [0.05, 0.1) is 0 Å². The third-order valence-corrected chi connectivity index (χ3v) is 3.20. The minimum Gasteiger partial charge on any atom is -0.345 e. The first-order valence-corrected chi connectivity index (χ1v) is 6.64. The second kappa shape index (κ2) is 7.24. The molecular formula is C15H23FN2O. The lowest BCUT2D eigenvalue weighted by atomic mass is 10.1. The normalized spacial score (nSPS) is 12.3. The highest BCUT2D eigenvalue weighted by molar-refractivity contribution is 5.75. The van der Waals surface area contributed by atoms with E-state index >= 15 is 0 Å². The summed E-state index contributed by atoms with van der Waals surface area (Å²) in [4.78, 5) is 13.5. The zero-order valence-electron chi connectivity index (χ0n) is 11.9. The molecule has 0 aliphatic rings. The molecule has 0 radical (unpaired) electrons. The van der Waals surface area contributed by atoms with Crippen LogP contribution in [0.25, 0.3) is 0 Å². The summed E-state index contributed by atoms with van der Waals surface area (Å²) in [6, 6.07) is 5.12. The minimum atomic E-state index is -0.190. The molecule has 1 aromatic carbocycles. The fourth-order valence-corrected chi connectivity index (χ4v) is 1.83. The van der Waals surface area contributed by atoms with Crippen LogP contribution in [0.15, 0.2) is 18.2 Å².